The van der Waals surface area contributed by atoms with Crippen molar-refractivity contribution in [1.29, 1.82) is 0 Å². The highest BCUT2D eigenvalue weighted by atomic mass is 35.5. The number of carbonyl (C=O) groups is 2. The van der Waals surface area contributed by atoms with Crippen LogP contribution in [0.1, 0.15) is 29.6 Å². The first-order chi connectivity index (χ1) is 12.0. The minimum absolute atomic E-state index is 0.0258. The van der Waals surface area contributed by atoms with Crippen molar-refractivity contribution < 1.29 is 14.0 Å². The summed E-state index contributed by atoms with van der Waals surface area (Å²) in [6.07, 6.45) is 2.62. The molecule has 1 atom stereocenters. The van der Waals surface area contributed by atoms with Crippen molar-refractivity contribution >= 4 is 23.4 Å². The molecule has 25 heavy (non-hydrogen) atoms. The minimum Gasteiger partial charge on any atom is -0.339 e. The Kier molecular flexibility index (Phi) is 5.91. The normalized spacial score (nSPS) is 20.8. The van der Waals surface area contributed by atoms with Crippen molar-refractivity contribution in [3.8, 4) is 0 Å². The molecular formula is C18H23ClFN3O2. The molecule has 3 rings (SSSR count). The van der Waals surface area contributed by atoms with Crippen LogP contribution in [-0.4, -0.2) is 60.9 Å². The van der Waals surface area contributed by atoms with Crippen LogP contribution >= 0.6 is 11.6 Å². The van der Waals surface area contributed by atoms with E-state index in [1.165, 1.54) is 12.1 Å². The predicted molar refractivity (Wildman–Crippen MR) is 94.1 cm³/mol. The van der Waals surface area contributed by atoms with E-state index in [-0.39, 0.29) is 22.4 Å². The Morgan fingerprint density at radius 3 is 2.56 bits per heavy atom. The van der Waals surface area contributed by atoms with Gasteiger partial charge in [0.1, 0.15) is 5.82 Å². The number of nitrogens with zero attached hydrogens (tertiary/aromatic N) is 2. The number of rotatable bonds is 4. The molecule has 2 fully saturated rings. The summed E-state index contributed by atoms with van der Waals surface area (Å²) in [6, 6.07) is 4.06. The summed E-state index contributed by atoms with van der Waals surface area (Å²) < 4.78 is 13.9. The number of hydrogen-bond acceptors (Lipinski definition) is 3. The highest BCUT2D eigenvalue weighted by Gasteiger charge is 2.26. The van der Waals surface area contributed by atoms with Crippen LogP contribution in [0, 0.1) is 11.7 Å². The van der Waals surface area contributed by atoms with Crippen molar-refractivity contribution in [1.82, 2.24) is 15.1 Å². The van der Waals surface area contributed by atoms with Gasteiger partial charge in [-0.2, -0.15) is 0 Å². The molecule has 2 aliphatic rings. The summed E-state index contributed by atoms with van der Waals surface area (Å²) in [5, 5.41) is 3.58. The predicted octanol–water partition coefficient (Wildman–Crippen LogP) is 2.15. The maximum Gasteiger partial charge on any atom is 0.256 e. The number of carbonyl (C=O) groups excluding carboxylic acids is 2. The van der Waals surface area contributed by atoms with E-state index in [0.29, 0.717) is 38.5 Å². The van der Waals surface area contributed by atoms with E-state index in [1.54, 1.807) is 4.90 Å². The molecule has 7 heteroatoms. The van der Waals surface area contributed by atoms with Gasteiger partial charge in [0.15, 0.2) is 0 Å². The van der Waals surface area contributed by atoms with Crippen LogP contribution in [0.4, 0.5) is 4.39 Å². The summed E-state index contributed by atoms with van der Waals surface area (Å²) >= 11 is 5.73. The Morgan fingerprint density at radius 1 is 1.20 bits per heavy atom. The lowest BCUT2D eigenvalue weighted by Gasteiger charge is -2.35. The lowest BCUT2D eigenvalue weighted by atomic mass is 10.0. The average Bonchev–Trinajstić information content (AvgIpc) is 3.13. The Hall–Kier alpha value is -1.66. The molecule has 1 N–H and O–H groups in total. The maximum absolute atomic E-state index is 13.9. The molecule has 0 spiro atoms. The molecule has 0 radical (unpaired) electrons. The van der Waals surface area contributed by atoms with E-state index in [1.807, 2.05) is 4.90 Å². The Labute approximate surface area is 152 Å². The molecule has 1 unspecified atom stereocenters. The molecule has 0 aliphatic carbocycles. The number of amides is 2. The molecule has 0 aromatic heterocycles. The number of hydrogen-bond donors (Lipinski definition) is 1. The van der Waals surface area contributed by atoms with Gasteiger partial charge < -0.3 is 15.1 Å². The van der Waals surface area contributed by atoms with Gasteiger partial charge in [0.05, 0.1) is 5.56 Å². The molecule has 1 aromatic rings. The van der Waals surface area contributed by atoms with E-state index >= 15 is 0 Å². The zero-order valence-corrected chi connectivity index (χ0v) is 14.9. The second kappa shape index (κ2) is 8.15. The first kappa shape index (κ1) is 18.1. The maximum atomic E-state index is 13.9. The van der Waals surface area contributed by atoms with Gasteiger partial charge in [-0.1, -0.05) is 11.6 Å². The molecule has 5 nitrogen and oxygen atoms in total. The van der Waals surface area contributed by atoms with Gasteiger partial charge in [-0.05, 0) is 50.0 Å². The zero-order valence-electron chi connectivity index (χ0n) is 14.1. The topological polar surface area (TPSA) is 52.7 Å². The third kappa shape index (κ3) is 4.50. The number of benzene rings is 1. The van der Waals surface area contributed by atoms with Crippen LogP contribution in [0.5, 0.6) is 0 Å². The van der Waals surface area contributed by atoms with E-state index in [2.05, 4.69) is 5.32 Å². The summed E-state index contributed by atoms with van der Waals surface area (Å²) in [5.74, 6) is -0.212. The molecule has 1 aromatic carbocycles. The quantitative estimate of drug-likeness (QED) is 0.887. The molecule has 2 saturated heterocycles. The van der Waals surface area contributed by atoms with Crippen LogP contribution in [-0.2, 0) is 4.79 Å². The summed E-state index contributed by atoms with van der Waals surface area (Å²) in [7, 11) is 0. The number of nitrogens with one attached hydrogen (secondary N) is 1. The molecule has 0 saturated carbocycles. The number of halogens is 2. The Morgan fingerprint density at radius 2 is 1.92 bits per heavy atom. The highest BCUT2D eigenvalue weighted by Crippen LogP contribution is 2.18. The van der Waals surface area contributed by atoms with Crippen molar-refractivity contribution in [2.75, 3.05) is 39.3 Å². The lowest BCUT2D eigenvalue weighted by molar-refractivity contribution is -0.132. The van der Waals surface area contributed by atoms with Gasteiger partial charge in [0, 0.05) is 37.6 Å². The average molecular weight is 368 g/mol. The van der Waals surface area contributed by atoms with E-state index in [0.717, 1.165) is 32.0 Å². The van der Waals surface area contributed by atoms with Gasteiger partial charge >= 0.3 is 0 Å². The van der Waals surface area contributed by atoms with Crippen molar-refractivity contribution in [2.24, 2.45) is 5.92 Å². The third-order valence-corrected chi connectivity index (χ3v) is 5.25. The summed E-state index contributed by atoms with van der Waals surface area (Å²) in [6.45, 7) is 3.91. The number of piperazine rings is 1. The molecule has 2 amide bonds. The second-order valence-corrected chi connectivity index (χ2v) is 7.13. The van der Waals surface area contributed by atoms with Crippen LogP contribution in [0.3, 0.4) is 0 Å². The second-order valence-electron chi connectivity index (χ2n) is 6.69. The monoisotopic (exact) mass is 367 g/mol. The van der Waals surface area contributed by atoms with E-state index in [9.17, 15) is 14.0 Å². The van der Waals surface area contributed by atoms with E-state index in [4.69, 9.17) is 11.6 Å². The van der Waals surface area contributed by atoms with Crippen molar-refractivity contribution in [3.63, 3.8) is 0 Å². The van der Waals surface area contributed by atoms with Gasteiger partial charge in [-0.3, -0.25) is 9.59 Å². The lowest BCUT2D eigenvalue weighted by Crippen LogP contribution is -2.50. The van der Waals surface area contributed by atoms with E-state index < -0.39 is 5.82 Å². The molecular weight excluding hydrogens is 345 g/mol. The molecule has 2 aliphatic heterocycles. The van der Waals surface area contributed by atoms with Crippen LogP contribution in [0.25, 0.3) is 0 Å². The fourth-order valence-corrected chi connectivity index (χ4v) is 3.60. The Bertz CT molecular complexity index is 641. The van der Waals surface area contributed by atoms with Crippen molar-refractivity contribution in [2.45, 2.75) is 19.3 Å². The fourth-order valence-electron chi connectivity index (χ4n) is 3.44. The van der Waals surface area contributed by atoms with Crippen LogP contribution in [0.15, 0.2) is 18.2 Å². The van der Waals surface area contributed by atoms with Crippen LogP contribution in [0.2, 0.25) is 5.02 Å². The van der Waals surface area contributed by atoms with Gasteiger partial charge in [-0.15, -0.1) is 0 Å². The van der Waals surface area contributed by atoms with Gasteiger partial charge in [-0.25, -0.2) is 4.39 Å². The first-order valence-corrected chi connectivity index (χ1v) is 9.15. The third-order valence-electron chi connectivity index (χ3n) is 5.01. The largest absolute Gasteiger partial charge is 0.339 e. The molecule has 0 bridgehead atoms. The smallest absolute Gasteiger partial charge is 0.256 e. The van der Waals surface area contributed by atoms with Crippen LogP contribution < -0.4 is 5.32 Å². The Balaban J connectivity index is 1.49. The summed E-state index contributed by atoms with van der Waals surface area (Å²) in [5.41, 5.74) is 0.0258. The van der Waals surface area contributed by atoms with Gasteiger partial charge in [0.25, 0.3) is 5.91 Å². The molecule has 136 valence electrons. The minimum atomic E-state index is -0.610. The molecule has 2 heterocycles. The fraction of sp³-hybridized carbons (Fsp3) is 0.556. The van der Waals surface area contributed by atoms with Crippen molar-refractivity contribution in [3.05, 3.63) is 34.6 Å². The van der Waals surface area contributed by atoms with Gasteiger partial charge in [0.2, 0.25) is 5.91 Å². The standard InChI is InChI=1S/C18H23ClFN3O2/c19-14-2-3-15(16(20)11-14)18(25)23-9-7-22(8-10-23)17(24)4-1-13-5-6-21-12-13/h2-3,11,13,21H,1,4-10,12H2. The highest BCUT2D eigenvalue weighted by molar-refractivity contribution is 6.30. The zero-order chi connectivity index (χ0) is 17.8. The SMILES string of the molecule is O=C(CCC1CCNC1)N1CCN(C(=O)c2ccc(Cl)cc2F)CC1. The first-order valence-electron chi connectivity index (χ1n) is 8.77. The summed E-state index contributed by atoms with van der Waals surface area (Å²) in [4.78, 5) is 28.2.